The van der Waals surface area contributed by atoms with E-state index in [1.165, 1.54) is 19.1 Å². The van der Waals surface area contributed by atoms with Crippen LogP contribution < -0.4 is 11.1 Å². The number of hydrogen-bond acceptors (Lipinski definition) is 7. The summed E-state index contributed by atoms with van der Waals surface area (Å²) < 4.78 is 6.77. The Balaban J connectivity index is 2.06. The normalized spacial score (nSPS) is 12.9. The molecule has 0 unspecified atom stereocenters. The maximum atomic E-state index is 12.3. The number of ether oxygens (including phenoxy) is 1. The van der Waals surface area contributed by atoms with Gasteiger partial charge in [0.2, 0.25) is 0 Å². The van der Waals surface area contributed by atoms with E-state index in [0.717, 1.165) is 12.5 Å². The van der Waals surface area contributed by atoms with Crippen molar-refractivity contribution in [2.75, 3.05) is 11.1 Å². The monoisotopic (exact) mass is 375 g/mol. The molecule has 1 amide bonds. The Bertz CT molecular complexity index is 863. The molecule has 2 atom stereocenters. The second-order valence-electron chi connectivity index (χ2n) is 5.99. The minimum Gasteiger partial charge on any atom is -0.449 e. The number of nitrogens with zero attached hydrogens (tertiary/aromatic N) is 3. The van der Waals surface area contributed by atoms with Gasteiger partial charge in [0.05, 0.1) is 22.7 Å². The number of aromatic nitrogens is 2. The Morgan fingerprint density at radius 3 is 2.70 bits per heavy atom. The van der Waals surface area contributed by atoms with Crippen LogP contribution in [0.15, 0.2) is 30.5 Å². The van der Waals surface area contributed by atoms with Crippen molar-refractivity contribution in [2.45, 2.75) is 39.3 Å². The van der Waals surface area contributed by atoms with E-state index in [2.05, 4.69) is 10.4 Å². The smallest absolute Gasteiger partial charge is 0.339 e. The van der Waals surface area contributed by atoms with Gasteiger partial charge in [-0.3, -0.25) is 14.9 Å². The van der Waals surface area contributed by atoms with Crippen molar-refractivity contribution >= 4 is 29.1 Å². The number of nitrogen functional groups attached to an aromatic ring is 1. The van der Waals surface area contributed by atoms with Gasteiger partial charge in [-0.25, -0.2) is 9.48 Å². The van der Waals surface area contributed by atoms with Gasteiger partial charge < -0.3 is 15.8 Å². The fourth-order valence-electron chi connectivity index (χ4n) is 2.28. The minimum absolute atomic E-state index is 0.0688. The number of rotatable bonds is 7. The van der Waals surface area contributed by atoms with E-state index in [1.807, 2.05) is 13.8 Å². The molecule has 0 aliphatic carbocycles. The molecule has 0 radical (unpaired) electrons. The molecule has 10 nitrogen and oxygen atoms in total. The number of nitrogens with one attached hydrogen (secondary N) is 1. The Morgan fingerprint density at radius 2 is 2.07 bits per heavy atom. The lowest BCUT2D eigenvalue weighted by molar-refractivity contribution is -0.383. The lowest BCUT2D eigenvalue weighted by Gasteiger charge is -2.17. The Morgan fingerprint density at radius 1 is 1.37 bits per heavy atom. The third kappa shape index (κ3) is 4.60. The molecule has 0 saturated heterocycles. The second kappa shape index (κ2) is 8.30. The number of nitro groups is 1. The number of carbonyl (C=O) groups excluding carboxylic acids is 2. The van der Waals surface area contributed by atoms with E-state index >= 15 is 0 Å². The number of benzene rings is 1. The summed E-state index contributed by atoms with van der Waals surface area (Å²) in [4.78, 5) is 34.7. The zero-order chi connectivity index (χ0) is 20.1. The van der Waals surface area contributed by atoms with Crippen molar-refractivity contribution in [3.05, 3.63) is 46.1 Å². The van der Waals surface area contributed by atoms with Crippen LogP contribution in [0.3, 0.4) is 0 Å². The highest BCUT2D eigenvalue weighted by Gasteiger charge is 2.23. The quantitative estimate of drug-likeness (QED) is 0.327. The summed E-state index contributed by atoms with van der Waals surface area (Å²) >= 11 is 0. The van der Waals surface area contributed by atoms with Crippen molar-refractivity contribution in [3.63, 3.8) is 0 Å². The molecule has 0 aliphatic heterocycles. The Kier molecular flexibility index (Phi) is 6.11. The highest BCUT2D eigenvalue weighted by molar-refractivity contribution is 5.97. The van der Waals surface area contributed by atoms with Gasteiger partial charge in [-0.1, -0.05) is 6.92 Å². The van der Waals surface area contributed by atoms with Crippen LogP contribution in [-0.2, 0) is 9.53 Å². The first-order chi connectivity index (χ1) is 12.7. The minimum atomic E-state index is -1.12. The molecule has 0 fully saturated rings. The highest BCUT2D eigenvalue weighted by atomic mass is 16.6. The largest absolute Gasteiger partial charge is 0.449 e. The Labute approximate surface area is 155 Å². The van der Waals surface area contributed by atoms with Gasteiger partial charge in [0, 0.05) is 12.1 Å². The van der Waals surface area contributed by atoms with E-state index in [1.54, 1.807) is 16.9 Å². The van der Waals surface area contributed by atoms with Crippen molar-refractivity contribution in [1.29, 1.82) is 0 Å². The number of nitro benzene ring substituents is 1. The summed E-state index contributed by atoms with van der Waals surface area (Å²) in [7, 11) is 0. The molecule has 1 heterocycles. The molecule has 0 bridgehead atoms. The van der Waals surface area contributed by atoms with E-state index in [4.69, 9.17) is 10.5 Å². The summed E-state index contributed by atoms with van der Waals surface area (Å²) in [5.74, 6) is -0.921. The lowest BCUT2D eigenvalue weighted by atomic mass is 10.2. The van der Waals surface area contributed by atoms with Crippen LogP contribution in [0.2, 0.25) is 0 Å². The van der Waals surface area contributed by atoms with Gasteiger partial charge in [0.15, 0.2) is 6.10 Å². The third-order valence-electron chi connectivity index (χ3n) is 4.05. The molecule has 2 rings (SSSR count). The molecule has 1 aromatic carbocycles. The second-order valence-corrected chi connectivity index (χ2v) is 5.99. The summed E-state index contributed by atoms with van der Waals surface area (Å²) in [6.45, 7) is 5.36. The maximum absolute atomic E-state index is 12.3. The Hall–Kier alpha value is -3.43. The first-order valence-corrected chi connectivity index (χ1v) is 8.33. The molecule has 2 aromatic rings. The number of nitrogens with two attached hydrogens (primary N) is 1. The zero-order valence-corrected chi connectivity index (χ0v) is 15.2. The average molecular weight is 375 g/mol. The topological polar surface area (TPSA) is 142 Å². The summed E-state index contributed by atoms with van der Waals surface area (Å²) in [5, 5.41) is 17.7. The molecule has 144 valence electrons. The molecule has 10 heteroatoms. The molecule has 27 heavy (non-hydrogen) atoms. The fourth-order valence-corrected chi connectivity index (χ4v) is 2.28. The third-order valence-corrected chi connectivity index (χ3v) is 4.05. The summed E-state index contributed by atoms with van der Waals surface area (Å²) in [5.41, 5.74) is 4.96. The van der Waals surface area contributed by atoms with E-state index < -0.39 is 28.6 Å². The van der Waals surface area contributed by atoms with Crippen LogP contribution in [0.25, 0.3) is 0 Å². The van der Waals surface area contributed by atoms with Crippen LogP contribution in [-0.4, -0.2) is 32.7 Å². The van der Waals surface area contributed by atoms with Gasteiger partial charge in [-0.15, -0.1) is 0 Å². The van der Waals surface area contributed by atoms with Gasteiger partial charge >= 0.3 is 5.97 Å². The van der Waals surface area contributed by atoms with Crippen molar-refractivity contribution in [2.24, 2.45) is 0 Å². The van der Waals surface area contributed by atoms with E-state index in [9.17, 15) is 19.7 Å². The zero-order valence-electron chi connectivity index (χ0n) is 15.2. The molecular formula is C17H21N5O5. The summed E-state index contributed by atoms with van der Waals surface area (Å²) in [6, 6.07) is 5.28. The van der Waals surface area contributed by atoms with Gasteiger partial charge in [0.25, 0.3) is 11.6 Å². The average Bonchev–Trinajstić information content (AvgIpc) is 3.09. The fraction of sp³-hybridized carbons (Fsp3) is 0.353. The molecule has 0 spiro atoms. The molecule has 0 saturated carbocycles. The van der Waals surface area contributed by atoms with Crippen LogP contribution in [0.4, 0.5) is 17.2 Å². The van der Waals surface area contributed by atoms with Crippen LogP contribution in [0, 0.1) is 10.1 Å². The van der Waals surface area contributed by atoms with Crippen LogP contribution in [0.1, 0.15) is 43.6 Å². The van der Waals surface area contributed by atoms with Crippen molar-refractivity contribution < 1.29 is 19.2 Å². The number of anilines is 2. The first kappa shape index (κ1) is 19.9. The molecule has 3 N–H and O–H groups in total. The van der Waals surface area contributed by atoms with Gasteiger partial charge in [-0.05, 0) is 32.4 Å². The predicted octanol–water partition coefficient (Wildman–Crippen LogP) is 2.53. The lowest BCUT2D eigenvalue weighted by Crippen LogP contribution is -2.31. The van der Waals surface area contributed by atoms with Crippen LogP contribution in [0.5, 0.6) is 0 Å². The SMILES string of the molecule is CC[C@H](C)n1nccc1NC(=O)[C@H](C)OC(=O)c1ccc(N)c([N+](=O)[O-])c1. The maximum Gasteiger partial charge on any atom is 0.339 e. The van der Waals surface area contributed by atoms with Gasteiger partial charge in [-0.2, -0.15) is 5.10 Å². The highest BCUT2D eigenvalue weighted by Crippen LogP contribution is 2.23. The summed E-state index contributed by atoms with van der Waals surface area (Å²) in [6.07, 6.45) is 1.27. The number of hydrogen-bond donors (Lipinski definition) is 2. The standard InChI is InChI=1S/C17H21N5O5/c1-4-10(2)21-15(7-8-19-21)20-16(23)11(3)27-17(24)12-5-6-13(18)14(9-12)22(25)26/h5-11H,4,18H2,1-3H3,(H,20,23)/t10-,11-/m0/s1. The molecule has 0 aliphatic rings. The predicted molar refractivity (Wildman–Crippen MR) is 98.2 cm³/mol. The number of esters is 1. The molecule has 1 aromatic heterocycles. The molecular weight excluding hydrogens is 354 g/mol. The van der Waals surface area contributed by atoms with Crippen LogP contribution >= 0.6 is 0 Å². The van der Waals surface area contributed by atoms with E-state index in [0.29, 0.717) is 5.82 Å². The van der Waals surface area contributed by atoms with Crippen molar-refractivity contribution in [3.8, 4) is 0 Å². The number of carbonyl (C=O) groups is 2. The first-order valence-electron chi connectivity index (χ1n) is 8.33. The number of amides is 1. The van der Waals surface area contributed by atoms with Crippen molar-refractivity contribution in [1.82, 2.24) is 9.78 Å². The van der Waals surface area contributed by atoms with E-state index in [-0.39, 0.29) is 17.3 Å². The van der Waals surface area contributed by atoms with Gasteiger partial charge in [0.1, 0.15) is 11.5 Å².